The molecule has 0 aliphatic carbocycles. The van der Waals surface area contributed by atoms with E-state index >= 15 is 0 Å². The third kappa shape index (κ3) is 5.40. The molecule has 4 amide bonds. The van der Waals surface area contributed by atoms with Crippen LogP contribution in [0.15, 0.2) is 54.6 Å². The number of likely N-dealkylation sites (N-methyl/N-ethyl adjacent to an activating group) is 1. The zero-order valence-electron chi connectivity index (χ0n) is 20.4. The number of fused-ring (bicyclic) bond motifs is 1. The van der Waals surface area contributed by atoms with Crippen LogP contribution in [0.3, 0.4) is 0 Å². The minimum Gasteiger partial charge on any atom is -0.508 e. The van der Waals surface area contributed by atoms with E-state index in [4.69, 9.17) is 0 Å². The van der Waals surface area contributed by atoms with E-state index in [1.165, 1.54) is 0 Å². The summed E-state index contributed by atoms with van der Waals surface area (Å²) >= 11 is 0. The molecule has 2 aliphatic rings. The lowest BCUT2D eigenvalue weighted by atomic mass is 9.98. The van der Waals surface area contributed by atoms with Gasteiger partial charge in [0.25, 0.3) is 0 Å². The number of benzene rings is 2. The van der Waals surface area contributed by atoms with Crippen molar-refractivity contribution in [2.24, 2.45) is 5.92 Å². The molecule has 0 saturated carbocycles. The number of piperazine rings is 1. The smallest absolute Gasteiger partial charge is 0.334 e. The van der Waals surface area contributed by atoms with E-state index in [1.807, 2.05) is 44.2 Å². The molecule has 2 aromatic rings. The van der Waals surface area contributed by atoms with Gasteiger partial charge in [-0.15, -0.1) is 0 Å². The van der Waals surface area contributed by atoms with Crippen molar-refractivity contribution in [2.45, 2.75) is 39.0 Å². The van der Waals surface area contributed by atoms with Crippen molar-refractivity contribution in [1.29, 1.82) is 0 Å². The number of hydrogen-bond acceptors (Lipinski definition) is 5. The van der Waals surface area contributed by atoms with Gasteiger partial charge in [0.1, 0.15) is 18.0 Å². The van der Waals surface area contributed by atoms with Gasteiger partial charge in [0, 0.05) is 26.6 Å². The van der Waals surface area contributed by atoms with Gasteiger partial charge < -0.3 is 20.2 Å². The summed E-state index contributed by atoms with van der Waals surface area (Å²) in [5.41, 5.74) is 1.80. The van der Waals surface area contributed by atoms with Crippen LogP contribution in [0.5, 0.6) is 5.75 Å². The van der Waals surface area contributed by atoms with Gasteiger partial charge in [-0.2, -0.15) is 0 Å². The summed E-state index contributed by atoms with van der Waals surface area (Å²) in [6, 6.07) is 15.2. The average molecular weight is 480 g/mol. The fraction of sp³-hybridized carbons (Fsp3) is 0.423. The second-order valence-electron chi connectivity index (χ2n) is 9.61. The molecule has 2 aliphatic heterocycles. The molecule has 4 rings (SSSR count). The number of nitrogens with one attached hydrogen (secondary N) is 1. The van der Waals surface area contributed by atoms with Crippen molar-refractivity contribution < 1.29 is 19.5 Å². The molecule has 0 unspecified atom stereocenters. The first kappa shape index (κ1) is 24.5. The number of nitrogens with zero attached hydrogens (tertiary/aromatic N) is 4. The second kappa shape index (κ2) is 10.4. The van der Waals surface area contributed by atoms with Crippen LogP contribution in [0, 0.1) is 5.92 Å². The molecule has 2 atom stereocenters. The van der Waals surface area contributed by atoms with Gasteiger partial charge in [-0.25, -0.2) is 14.8 Å². The quantitative estimate of drug-likeness (QED) is 0.661. The van der Waals surface area contributed by atoms with Gasteiger partial charge in [-0.05, 0) is 29.2 Å². The molecule has 9 heteroatoms. The first-order valence-corrected chi connectivity index (χ1v) is 11.9. The highest BCUT2D eigenvalue weighted by molar-refractivity contribution is 5.91. The summed E-state index contributed by atoms with van der Waals surface area (Å²) in [5, 5.41) is 15.8. The summed E-state index contributed by atoms with van der Waals surface area (Å²) in [6.07, 6.45) is -0.310. The number of hydrazine groups is 1. The van der Waals surface area contributed by atoms with Gasteiger partial charge in [-0.1, -0.05) is 56.3 Å². The monoisotopic (exact) mass is 479 g/mol. The van der Waals surface area contributed by atoms with Crippen molar-refractivity contribution in [2.75, 3.05) is 26.7 Å². The molecule has 0 radical (unpaired) electrons. The molecule has 0 bridgehead atoms. The van der Waals surface area contributed by atoms with E-state index in [2.05, 4.69) is 5.32 Å². The van der Waals surface area contributed by atoms with Crippen LogP contribution in [0.25, 0.3) is 0 Å². The Morgan fingerprint density at radius 1 is 1.06 bits per heavy atom. The molecule has 0 spiro atoms. The Balaban J connectivity index is 1.62. The molecule has 186 valence electrons. The van der Waals surface area contributed by atoms with Gasteiger partial charge in [0.15, 0.2) is 0 Å². The van der Waals surface area contributed by atoms with E-state index in [0.29, 0.717) is 19.5 Å². The van der Waals surface area contributed by atoms with E-state index in [-0.39, 0.29) is 42.6 Å². The number of rotatable bonds is 6. The maximum Gasteiger partial charge on any atom is 0.334 e. The molecule has 35 heavy (non-hydrogen) atoms. The van der Waals surface area contributed by atoms with Crippen LogP contribution in [-0.4, -0.2) is 81.7 Å². The van der Waals surface area contributed by atoms with Crippen molar-refractivity contribution >= 4 is 17.8 Å². The minimum atomic E-state index is -0.734. The molecule has 0 aromatic heterocycles. The first-order chi connectivity index (χ1) is 16.7. The van der Waals surface area contributed by atoms with E-state index < -0.39 is 12.2 Å². The summed E-state index contributed by atoms with van der Waals surface area (Å²) in [4.78, 5) is 43.5. The Morgan fingerprint density at radius 2 is 1.74 bits per heavy atom. The number of hydrogen-bond donors (Lipinski definition) is 2. The van der Waals surface area contributed by atoms with Crippen LogP contribution in [0.2, 0.25) is 0 Å². The van der Waals surface area contributed by atoms with Crippen LogP contribution in [0.4, 0.5) is 4.79 Å². The van der Waals surface area contributed by atoms with Crippen LogP contribution >= 0.6 is 0 Å². The van der Waals surface area contributed by atoms with Gasteiger partial charge in [-0.3, -0.25) is 9.59 Å². The number of urea groups is 1. The number of carbonyl (C=O) groups is 3. The Labute approximate surface area is 205 Å². The Hall–Kier alpha value is -3.59. The Kier molecular flexibility index (Phi) is 7.25. The number of aromatic hydroxyl groups is 1. The molecule has 2 aromatic carbocycles. The lowest BCUT2D eigenvalue weighted by molar-refractivity contribution is -0.187. The number of phenols is 1. The summed E-state index contributed by atoms with van der Waals surface area (Å²) < 4.78 is 0. The fourth-order valence-electron chi connectivity index (χ4n) is 4.82. The highest BCUT2D eigenvalue weighted by Crippen LogP contribution is 2.28. The van der Waals surface area contributed by atoms with E-state index in [1.54, 1.807) is 51.1 Å². The van der Waals surface area contributed by atoms with E-state index in [9.17, 15) is 19.5 Å². The maximum atomic E-state index is 13.6. The third-order valence-electron chi connectivity index (χ3n) is 6.39. The highest BCUT2D eigenvalue weighted by Gasteiger charge is 2.50. The van der Waals surface area contributed by atoms with Gasteiger partial charge >= 0.3 is 6.03 Å². The summed E-state index contributed by atoms with van der Waals surface area (Å²) in [6.45, 7) is 5.22. The topological polar surface area (TPSA) is 96.4 Å². The van der Waals surface area contributed by atoms with Crippen LogP contribution < -0.4 is 5.32 Å². The predicted molar refractivity (Wildman–Crippen MR) is 131 cm³/mol. The van der Waals surface area contributed by atoms with Gasteiger partial charge in [0.05, 0.1) is 13.1 Å². The normalized spacial score (nSPS) is 20.9. The Bertz CT molecular complexity index is 1060. The van der Waals surface area contributed by atoms with Crippen LogP contribution in [-0.2, 0) is 22.6 Å². The molecule has 2 N–H and O–H groups in total. The molecule has 2 fully saturated rings. The third-order valence-corrected chi connectivity index (χ3v) is 6.39. The minimum absolute atomic E-state index is 0.00120. The first-order valence-electron chi connectivity index (χ1n) is 11.9. The zero-order chi connectivity index (χ0) is 25.1. The molecular weight excluding hydrogens is 446 g/mol. The van der Waals surface area contributed by atoms with Crippen molar-refractivity contribution in [3.63, 3.8) is 0 Å². The zero-order valence-corrected chi connectivity index (χ0v) is 20.4. The summed E-state index contributed by atoms with van der Waals surface area (Å²) in [7, 11) is 1.72. The number of amides is 4. The highest BCUT2D eigenvalue weighted by atomic mass is 16.3. The molecule has 2 heterocycles. The Morgan fingerprint density at radius 3 is 2.40 bits per heavy atom. The van der Waals surface area contributed by atoms with E-state index in [0.717, 1.165) is 11.1 Å². The maximum absolute atomic E-state index is 13.6. The molecular formula is C26H33N5O4. The largest absolute Gasteiger partial charge is 0.508 e. The van der Waals surface area contributed by atoms with Crippen molar-refractivity contribution in [3.8, 4) is 5.75 Å². The lowest BCUT2D eigenvalue weighted by Gasteiger charge is -2.54. The standard InChI is InChI=1S/C26H33N5O4/c1-18(2)15-29-16-23-30(22(25(29)34)13-19-9-11-21(32)12-10-19)24(33)17-28(3)31(23)26(35)27-14-20-7-5-4-6-8-20/h4-12,18,22-23,32H,13-17H2,1-3H3,(H,27,35)/t22-,23-/m0/s1. The average Bonchev–Trinajstić information content (AvgIpc) is 2.82. The lowest BCUT2D eigenvalue weighted by Crippen LogP contribution is -2.76. The molecule has 2 saturated heterocycles. The SMILES string of the molecule is CC(C)CN1C[C@H]2N(C(=O)CN(C)N2C(=O)NCc2ccccc2)[C@@H](Cc2ccc(O)cc2)C1=O. The number of phenolic OH excluding ortho intramolecular Hbond substituents is 1. The van der Waals surface area contributed by atoms with Crippen molar-refractivity contribution in [3.05, 3.63) is 65.7 Å². The van der Waals surface area contributed by atoms with Crippen LogP contribution in [0.1, 0.15) is 25.0 Å². The summed E-state index contributed by atoms with van der Waals surface area (Å²) in [5.74, 6) is 0.0636. The van der Waals surface area contributed by atoms with Gasteiger partial charge in [0.2, 0.25) is 11.8 Å². The fourth-order valence-corrected chi connectivity index (χ4v) is 4.82. The molecule has 9 nitrogen and oxygen atoms in total. The van der Waals surface area contributed by atoms with Crippen molar-refractivity contribution in [1.82, 2.24) is 25.1 Å². The number of carbonyl (C=O) groups excluding carboxylic acids is 3. The second-order valence-corrected chi connectivity index (χ2v) is 9.61. The predicted octanol–water partition coefficient (Wildman–Crippen LogP) is 2.03.